The Balaban J connectivity index is 0.000000222. The van der Waals surface area contributed by atoms with Gasteiger partial charge in [0.2, 0.25) is 5.91 Å². The number of nitriles is 1. The van der Waals surface area contributed by atoms with Gasteiger partial charge >= 0.3 is 0 Å². The fraction of sp³-hybridized carbons (Fsp3) is 0.391. The van der Waals surface area contributed by atoms with Gasteiger partial charge in [-0.3, -0.25) is 9.35 Å². The predicted molar refractivity (Wildman–Crippen MR) is 119 cm³/mol. The number of likely N-dealkylation sites (tertiary alicyclic amines) is 1. The maximum atomic E-state index is 12.5. The summed E-state index contributed by atoms with van der Waals surface area (Å²) in [6.07, 6.45) is 2.35. The number of phenols is 1. The third kappa shape index (κ3) is 5.65. The van der Waals surface area contributed by atoms with Crippen LogP contribution in [0, 0.1) is 18.3 Å². The number of aromatic hydroxyl groups is 1. The Morgan fingerprint density at radius 3 is 2.50 bits per heavy atom. The molecule has 0 bridgehead atoms. The minimum atomic E-state index is -4.02. The number of nitrogens with one attached hydrogen (secondary N) is 1. The molecule has 2 fully saturated rings. The van der Waals surface area contributed by atoms with Crippen molar-refractivity contribution < 1.29 is 22.9 Å². The Labute approximate surface area is 188 Å². The summed E-state index contributed by atoms with van der Waals surface area (Å²) in [7, 11) is -4.02. The molecule has 8 nitrogen and oxygen atoms in total. The lowest BCUT2D eigenvalue weighted by molar-refractivity contribution is -0.133. The molecule has 170 valence electrons. The van der Waals surface area contributed by atoms with Gasteiger partial charge in [0.05, 0.1) is 17.0 Å². The molecule has 0 radical (unpaired) electrons. The number of para-hydroxylation sites is 1. The zero-order valence-electron chi connectivity index (χ0n) is 17.8. The fourth-order valence-corrected chi connectivity index (χ4v) is 4.55. The van der Waals surface area contributed by atoms with Crippen molar-refractivity contribution in [3.05, 3.63) is 59.7 Å². The number of amides is 1. The minimum absolute atomic E-state index is 0.0250. The number of carbonyl (C=O) groups excluding carboxylic acids is 1. The first-order valence-electron chi connectivity index (χ1n) is 10.5. The van der Waals surface area contributed by atoms with Gasteiger partial charge in [-0.2, -0.15) is 13.7 Å². The first-order chi connectivity index (χ1) is 15.2. The highest BCUT2D eigenvalue weighted by atomic mass is 32.2. The molecule has 2 aromatic rings. The van der Waals surface area contributed by atoms with Crippen LogP contribution in [0.25, 0.3) is 0 Å². The molecule has 1 amide bonds. The smallest absolute Gasteiger partial charge is 0.294 e. The zero-order valence-corrected chi connectivity index (χ0v) is 18.6. The molecule has 3 atom stereocenters. The number of hydrogen-bond donors (Lipinski definition) is 3. The molecule has 2 aromatic carbocycles. The SMILES string of the molecule is Cc1ccc(S(=O)(=O)O)cc1.N#C[C@@H]1CCCN1C(=O)[C@@H]1C[C@H](c2ccccc2O)CN1. The van der Waals surface area contributed by atoms with E-state index in [-0.39, 0.29) is 34.6 Å². The van der Waals surface area contributed by atoms with Crippen LogP contribution in [0.4, 0.5) is 0 Å². The van der Waals surface area contributed by atoms with E-state index in [2.05, 4.69) is 11.4 Å². The zero-order chi connectivity index (χ0) is 23.3. The quantitative estimate of drug-likeness (QED) is 0.604. The predicted octanol–water partition coefficient (Wildman–Crippen LogP) is 2.59. The normalized spacial score (nSPS) is 22.7. The van der Waals surface area contributed by atoms with E-state index in [0.717, 1.165) is 24.0 Å². The van der Waals surface area contributed by atoms with Crippen LogP contribution < -0.4 is 5.32 Å². The largest absolute Gasteiger partial charge is 0.508 e. The van der Waals surface area contributed by atoms with Crippen LogP contribution in [0.15, 0.2) is 53.4 Å². The van der Waals surface area contributed by atoms with E-state index in [0.29, 0.717) is 19.5 Å². The monoisotopic (exact) mass is 457 g/mol. The van der Waals surface area contributed by atoms with Gasteiger partial charge in [0.15, 0.2) is 0 Å². The maximum absolute atomic E-state index is 12.5. The van der Waals surface area contributed by atoms with Crippen molar-refractivity contribution in [1.82, 2.24) is 10.2 Å². The number of benzene rings is 2. The topological polar surface area (TPSA) is 131 Å². The fourth-order valence-electron chi connectivity index (χ4n) is 4.07. The molecule has 0 aliphatic carbocycles. The Morgan fingerprint density at radius 2 is 1.88 bits per heavy atom. The number of phenolic OH excluding ortho intramolecular Hbond substituents is 1. The average molecular weight is 458 g/mol. The van der Waals surface area contributed by atoms with Gasteiger partial charge in [-0.1, -0.05) is 35.9 Å². The maximum Gasteiger partial charge on any atom is 0.294 e. The molecule has 4 rings (SSSR count). The van der Waals surface area contributed by atoms with Gasteiger partial charge < -0.3 is 15.3 Å². The highest BCUT2D eigenvalue weighted by Crippen LogP contribution is 2.32. The van der Waals surface area contributed by atoms with Crippen molar-refractivity contribution in [1.29, 1.82) is 5.26 Å². The van der Waals surface area contributed by atoms with Crippen molar-refractivity contribution in [2.45, 2.75) is 49.1 Å². The second kappa shape index (κ2) is 10.1. The Hall–Kier alpha value is -2.93. The van der Waals surface area contributed by atoms with Gasteiger partial charge in [-0.25, -0.2) is 0 Å². The van der Waals surface area contributed by atoms with E-state index in [9.17, 15) is 18.3 Å². The van der Waals surface area contributed by atoms with Gasteiger partial charge in [-0.15, -0.1) is 0 Å². The van der Waals surface area contributed by atoms with Crippen molar-refractivity contribution in [3.63, 3.8) is 0 Å². The van der Waals surface area contributed by atoms with Crippen LogP contribution in [-0.4, -0.2) is 54.1 Å². The van der Waals surface area contributed by atoms with Crippen LogP contribution in [0.3, 0.4) is 0 Å². The molecular formula is C23H27N3O5S. The molecule has 32 heavy (non-hydrogen) atoms. The highest BCUT2D eigenvalue weighted by Gasteiger charge is 2.37. The summed E-state index contributed by atoms with van der Waals surface area (Å²) >= 11 is 0. The van der Waals surface area contributed by atoms with Gasteiger partial charge in [-0.05, 0) is 49.9 Å². The van der Waals surface area contributed by atoms with Crippen LogP contribution >= 0.6 is 0 Å². The van der Waals surface area contributed by atoms with E-state index in [1.54, 1.807) is 29.2 Å². The lowest BCUT2D eigenvalue weighted by atomic mass is 9.95. The molecule has 2 heterocycles. The molecule has 2 saturated heterocycles. The molecule has 0 spiro atoms. The van der Waals surface area contributed by atoms with E-state index in [4.69, 9.17) is 9.81 Å². The van der Waals surface area contributed by atoms with E-state index >= 15 is 0 Å². The molecule has 2 aliphatic rings. The summed E-state index contributed by atoms with van der Waals surface area (Å²) in [5, 5.41) is 22.3. The summed E-state index contributed by atoms with van der Waals surface area (Å²) in [5.74, 6) is 0.453. The molecule has 3 N–H and O–H groups in total. The van der Waals surface area contributed by atoms with Crippen molar-refractivity contribution >= 4 is 16.0 Å². The first kappa shape index (κ1) is 23.7. The minimum Gasteiger partial charge on any atom is -0.508 e. The number of hydrogen-bond acceptors (Lipinski definition) is 6. The molecule has 9 heteroatoms. The summed E-state index contributed by atoms with van der Waals surface area (Å²) in [4.78, 5) is 14.2. The number of aryl methyl sites for hydroxylation is 1. The van der Waals surface area contributed by atoms with Crippen LogP contribution in [0.2, 0.25) is 0 Å². The second-order valence-corrected chi connectivity index (χ2v) is 9.48. The molecule has 0 unspecified atom stereocenters. The summed E-state index contributed by atoms with van der Waals surface area (Å²) in [5.41, 5.74) is 1.84. The van der Waals surface area contributed by atoms with Crippen LogP contribution in [0.1, 0.15) is 36.3 Å². The first-order valence-corrected chi connectivity index (χ1v) is 11.9. The van der Waals surface area contributed by atoms with E-state index in [1.165, 1.54) is 12.1 Å². The Morgan fingerprint density at radius 1 is 1.19 bits per heavy atom. The van der Waals surface area contributed by atoms with Gasteiger partial charge in [0, 0.05) is 19.0 Å². The average Bonchev–Trinajstić information content (AvgIpc) is 3.43. The summed E-state index contributed by atoms with van der Waals surface area (Å²) < 4.78 is 29.6. The highest BCUT2D eigenvalue weighted by molar-refractivity contribution is 7.85. The third-order valence-electron chi connectivity index (χ3n) is 5.81. The van der Waals surface area contributed by atoms with Crippen LogP contribution in [0.5, 0.6) is 5.75 Å². The van der Waals surface area contributed by atoms with Gasteiger partial charge in [0.25, 0.3) is 10.1 Å². The lowest BCUT2D eigenvalue weighted by Gasteiger charge is -2.23. The summed E-state index contributed by atoms with van der Waals surface area (Å²) in [6, 6.07) is 15.0. The number of carbonyl (C=O) groups is 1. The lowest BCUT2D eigenvalue weighted by Crippen LogP contribution is -2.45. The number of nitrogens with zero attached hydrogens (tertiary/aromatic N) is 2. The Bertz CT molecular complexity index is 1100. The van der Waals surface area contributed by atoms with Crippen molar-refractivity contribution in [2.24, 2.45) is 0 Å². The van der Waals surface area contributed by atoms with E-state index in [1.807, 2.05) is 19.1 Å². The van der Waals surface area contributed by atoms with Gasteiger partial charge in [0.1, 0.15) is 11.8 Å². The number of rotatable bonds is 3. The standard InChI is InChI=1S/C16H19N3O2.C7H8O3S/c17-9-12-4-3-7-19(12)16(21)14-8-11(10-18-14)13-5-1-2-6-15(13)20;1-6-2-4-7(5-3-6)11(8,9)10/h1-2,5-6,11-12,14,18,20H,3-4,7-8,10H2;2-5H,1H3,(H,8,9,10)/t11-,12-,14-;/m0./s1. The second-order valence-electron chi connectivity index (χ2n) is 8.06. The van der Waals surface area contributed by atoms with Crippen molar-refractivity contribution in [3.8, 4) is 11.8 Å². The van der Waals surface area contributed by atoms with Crippen LogP contribution in [-0.2, 0) is 14.9 Å². The van der Waals surface area contributed by atoms with Crippen molar-refractivity contribution in [2.75, 3.05) is 13.1 Å². The van der Waals surface area contributed by atoms with E-state index < -0.39 is 10.1 Å². The molecule has 0 saturated carbocycles. The molecule has 0 aromatic heterocycles. The third-order valence-corrected chi connectivity index (χ3v) is 6.68. The Kier molecular flexibility index (Phi) is 7.51. The summed E-state index contributed by atoms with van der Waals surface area (Å²) in [6.45, 7) is 3.20. The molecule has 2 aliphatic heterocycles. The molecular weight excluding hydrogens is 430 g/mol.